The van der Waals surface area contributed by atoms with E-state index in [1.165, 1.54) is 0 Å². The molecule has 3 rings (SSSR count). The van der Waals surface area contributed by atoms with Crippen LogP contribution in [0.2, 0.25) is 0 Å². The summed E-state index contributed by atoms with van der Waals surface area (Å²) in [5, 5.41) is 15.4. The highest BCUT2D eigenvalue weighted by Crippen LogP contribution is 2.29. The average Bonchev–Trinajstić information content (AvgIpc) is 2.99. The fourth-order valence-corrected chi connectivity index (χ4v) is 3.36. The standard InChI is InChI=1S/C14H18BrN3O/c1-2-14(17-7-6-10(19)9-17)18-13-5-3-4-12(15)11(13)8-16-18/h3-5,8,10,14,19H,2,6-7,9H2,1H3/t10-,14-/m1/s1. The lowest BCUT2D eigenvalue weighted by Gasteiger charge is -2.27. The Morgan fingerprint density at radius 3 is 3.05 bits per heavy atom. The zero-order valence-corrected chi connectivity index (χ0v) is 12.5. The van der Waals surface area contributed by atoms with Gasteiger partial charge in [-0.3, -0.25) is 4.90 Å². The molecule has 0 spiro atoms. The second-order valence-corrected chi connectivity index (χ2v) is 5.94. The first-order valence-corrected chi connectivity index (χ1v) is 7.54. The van der Waals surface area contributed by atoms with E-state index in [1.54, 1.807) is 0 Å². The lowest BCUT2D eigenvalue weighted by Crippen LogP contribution is -2.31. The number of nitrogens with zero attached hydrogens (tertiary/aromatic N) is 3. The second-order valence-electron chi connectivity index (χ2n) is 5.09. The Bertz CT molecular complexity index is 583. The van der Waals surface area contributed by atoms with Crippen molar-refractivity contribution in [2.75, 3.05) is 13.1 Å². The summed E-state index contributed by atoms with van der Waals surface area (Å²) in [4.78, 5) is 2.32. The third kappa shape index (κ3) is 2.30. The van der Waals surface area contributed by atoms with Crippen molar-refractivity contribution >= 4 is 26.8 Å². The summed E-state index contributed by atoms with van der Waals surface area (Å²) < 4.78 is 3.16. The molecule has 1 aliphatic heterocycles. The molecule has 1 aromatic heterocycles. The zero-order valence-electron chi connectivity index (χ0n) is 11.0. The van der Waals surface area contributed by atoms with Gasteiger partial charge in [-0.05, 0) is 25.0 Å². The van der Waals surface area contributed by atoms with Crippen molar-refractivity contribution in [2.24, 2.45) is 0 Å². The summed E-state index contributed by atoms with van der Waals surface area (Å²) in [7, 11) is 0. The number of hydrogen-bond acceptors (Lipinski definition) is 3. The molecule has 0 bridgehead atoms. The highest BCUT2D eigenvalue weighted by Gasteiger charge is 2.28. The SMILES string of the molecule is CC[C@H](N1CC[C@@H](O)C1)n1ncc2c(Br)cccc21. The van der Waals surface area contributed by atoms with E-state index < -0.39 is 0 Å². The maximum absolute atomic E-state index is 9.72. The number of benzene rings is 1. The Hall–Kier alpha value is -0.910. The smallest absolute Gasteiger partial charge is 0.104 e. The van der Waals surface area contributed by atoms with Crippen LogP contribution in [0.5, 0.6) is 0 Å². The Kier molecular flexibility index (Phi) is 3.60. The minimum atomic E-state index is -0.192. The first-order chi connectivity index (χ1) is 9.20. The van der Waals surface area contributed by atoms with Gasteiger partial charge in [-0.2, -0.15) is 5.10 Å². The molecule has 0 saturated carbocycles. The maximum Gasteiger partial charge on any atom is 0.104 e. The Morgan fingerprint density at radius 1 is 1.53 bits per heavy atom. The molecule has 2 atom stereocenters. The molecule has 0 unspecified atom stereocenters. The van der Waals surface area contributed by atoms with Crippen molar-refractivity contribution in [3.8, 4) is 0 Å². The molecule has 102 valence electrons. The van der Waals surface area contributed by atoms with Crippen molar-refractivity contribution in [1.82, 2.24) is 14.7 Å². The van der Waals surface area contributed by atoms with Crippen LogP contribution in [0.4, 0.5) is 0 Å². The number of fused-ring (bicyclic) bond motifs is 1. The lowest BCUT2D eigenvalue weighted by atomic mass is 10.2. The fourth-order valence-electron chi connectivity index (χ4n) is 2.90. The van der Waals surface area contributed by atoms with E-state index in [4.69, 9.17) is 0 Å². The number of hydrogen-bond donors (Lipinski definition) is 1. The minimum Gasteiger partial charge on any atom is -0.392 e. The molecule has 0 radical (unpaired) electrons. The van der Waals surface area contributed by atoms with E-state index >= 15 is 0 Å². The van der Waals surface area contributed by atoms with Crippen molar-refractivity contribution in [1.29, 1.82) is 0 Å². The van der Waals surface area contributed by atoms with E-state index in [0.29, 0.717) is 0 Å². The van der Waals surface area contributed by atoms with Gasteiger partial charge in [0.25, 0.3) is 0 Å². The third-order valence-corrected chi connectivity index (χ3v) is 4.54. The Balaban J connectivity index is 2.00. The van der Waals surface area contributed by atoms with Crippen LogP contribution >= 0.6 is 15.9 Å². The molecule has 1 saturated heterocycles. The summed E-state index contributed by atoms with van der Waals surface area (Å²) in [6, 6.07) is 6.17. The molecular weight excluding hydrogens is 306 g/mol. The van der Waals surface area contributed by atoms with Crippen LogP contribution in [0.3, 0.4) is 0 Å². The first kappa shape index (κ1) is 13.1. The molecular formula is C14H18BrN3O. The van der Waals surface area contributed by atoms with Gasteiger partial charge >= 0.3 is 0 Å². The minimum absolute atomic E-state index is 0.192. The first-order valence-electron chi connectivity index (χ1n) is 6.74. The molecule has 1 aliphatic rings. The zero-order chi connectivity index (χ0) is 13.4. The van der Waals surface area contributed by atoms with E-state index in [1.807, 2.05) is 18.3 Å². The van der Waals surface area contributed by atoms with Gasteiger partial charge in [0.1, 0.15) is 6.17 Å². The molecule has 1 fully saturated rings. The maximum atomic E-state index is 9.72. The summed E-state index contributed by atoms with van der Waals surface area (Å²) in [6.45, 7) is 3.85. The number of likely N-dealkylation sites (tertiary alicyclic amines) is 1. The van der Waals surface area contributed by atoms with Gasteiger partial charge in [0.2, 0.25) is 0 Å². The van der Waals surface area contributed by atoms with Gasteiger partial charge in [-0.1, -0.05) is 28.9 Å². The normalized spacial score (nSPS) is 22.2. The van der Waals surface area contributed by atoms with Crippen LogP contribution in [-0.4, -0.2) is 39.0 Å². The van der Waals surface area contributed by atoms with Crippen LogP contribution in [-0.2, 0) is 0 Å². The number of β-amino-alcohol motifs (C(OH)–C–C–N with tert-alkyl or cyclic N) is 1. The van der Waals surface area contributed by atoms with Crippen molar-refractivity contribution in [3.05, 3.63) is 28.9 Å². The van der Waals surface area contributed by atoms with Gasteiger partial charge in [-0.15, -0.1) is 0 Å². The highest BCUT2D eigenvalue weighted by molar-refractivity contribution is 9.10. The van der Waals surface area contributed by atoms with E-state index in [9.17, 15) is 5.11 Å². The largest absolute Gasteiger partial charge is 0.392 e. The number of halogens is 1. The van der Waals surface area contributed by atoms with Crippen molar-refractivity contribution < 1.29 is 5.11 Å². The Labute approximate surface area is 121 Å². The van der Waals surface area contributed by atoms with Crippen LogP contribution in [0, 0.1) is 0 Å². The molecule has 5 heteroatoms. The van der Waals surface area contributed by atoms with Crippen LogP contribution in [0.15, 0.2) is 28.9 Å². The van der Waals surface area contributed by atoms with Crippen LogP contribution in [0.1, 0.15) is 25.9 Å². The van der Waals surface area contributed by atoms with Gasteiger partial charge in [0.15, 0.2) is 0 Å². The molecule has 4 nitrogen and oxygen atoms in total. The third-order valence-electron chi connectivity index (χ3n) is 3.85. The van der Waals surface area contributed by atoms with Crippen molar-refractivity contribution in [3.63, 3.8) is 0 Å². The molecule has 1 aromatic carbocycles. The molecule has 19 heavy (non-hydrogen) atoms. The van der Waals surface area contributed by atoms with Crippen LogP contribution < -0.4 is 0 Å². The second kappa shape index (κ2) is 5.23. The summed E-state index contributed by atoms with van der Waals surface area (Å²) in [6.07, 6.45) is 3.79. The molecule has 0 aliphatic carbocycles. The predicted molar refractivity (Wildman–Crippen MR) is 79.0 cm³/mol. The summed E-state index contributed by atoms with van der Waals surface area (Å²) in [5.41, 5.74) is 1.14. The van der Waals surface area contributed by atoms with E-state index in [0.717, 1.165) is 41.3 Å². The highest BCUT2D eigenvalue weighted by atomic mass is 79.9. The summed E-state index contributed by atoms with van der Waals surface area (Å²) >= 11 is 3.57. The molecule has 1 N–H and O–H groups in total. The number of aliphatic hydroxyl groups excluding tert-OH is 1. The van der Waals surface area contributed by atoms with Gasteiger partial charge < -0.3 is 5.11 Å². The van der Waals surface area contributed by atoms with E-state index in [-0.39, 0.29) is 12.3 Å². The lowest BCUT2D eigenvalue weighted by molar-refractivity contribution is 0.123. The summed E-state index contributed by atoms with van der Waals surface area (Å²) in [5.74, 6) is 0. The molecule has 2 heterocycles. The number of rotatable bonds is 3. The molecule has 0 amide bonds. The molecule has 2 aromatic rings. The van der Waals surface area contributed by atoms with Crippen molar-refractivity contribution in [2.45, 2.75) is 32.0 Å². The topological polar surface area (TPSA) is 41.3 Å². The average molecular weight is 324 g/mol. The van der Waals surface area contributed by atoms with Gasteiger partial charge in [-0.25, -0.2) is 4.68 Å². The number of aliphatic hydroxyl groups is 1. The predicted octanol–water partition coefficient (Wildman–Crippen LogP) is 2.77. The van der Waals surface area contributed by atoms with E-state index in [2.05, 4.69) is 43.6 Å². The quantitative estimate of drug-likeness (QED) is 0.944. The monoisotopic (exact) mass is 323 g/mol. The van der Waals surface area contributed by atoms with Gasteiger partial charge in [0, 0.05) is 22.9 Å². The fraction of sp³-hybridized carbons (Fsp3) is 0.500. The number of aromatic nitrogens is 2. The Morgan fingerprint density at radius 2 is 2.37 bits per heavy atom. The van der Waals surface area contributed by atoms with Gasteiger partial charge in [0.05, 0.1) is 17.8 Å². The van der Waals surface area contributed by atoms with Crippen LogP contribution in [0.25, 0.3) is 10.9 Å².